The summed E-state index contributed by atoms with van der Waals surface area (Å²) in [6.07, 6.45) is 4.92. The number of amides is 1. The van der Waals surface area contributed by atoms with E-state index in [4.69, 9.17) is 10.8 Å². The van der Waals surface area contributed by atoms with Gasteiger partial charge >= 0.3 is 0 Å². The van der Waals surface area contributed by atoms with Gasteiger partial charge in [-0.25, -0.2) is 0 Å². The Kier molecular flexibility index (Phi) is 7.49. The Labute approximate surface area is 202 Å². The van der Waals surface area contributed by atoms with E-state index in [2.05, 4.69) is 24.4 Å². The Bertz CT molecular complexity index is 1100. The van der Waals surface area contributed by atoms with Gasteiger partial charge in [-0.1, -0.05) is 61.7 Å². The number of nitrogens with two attached hydrogens (primary N) is 1. The van der Waals surface area contributed by atoms with Gasteiger partial charge in [-0.2, -0.15) is 5.10 Å². The molecule has 1 amide bonds. The van der Waals surface area contributed by atoms with Gasteiger partial charge in [0.2, 0.25) is 5.91 Å². The van der Waals surface area contributed by atoms with Crippen LogP contribution in [0.15, 0.2) is 54.6 Å². The molecule has 1 fully saturated rings. The lowest BCUT2D eigenvalue weighted by Gasteiger charge is -2.26. The van der Waals surface area contributed by atoms with Crippen LogP contribution in [-0.2, 0) is 4.79 Å². The molecule has 0 saturated heterocycles. The normalized spacial score (nSPS) is 17.2. The number of aryl methyl sites for hydroxylation is 1. The number of benzene rings is 2. The SMILES string of the molecule is Cc1nn(C(C)c2ccccc2)c(C(C)O)c1-c1ccc(NC(=O)[C@@H](N)C2CCCCC2)cc1. The van der Waals surface area contributed by atoms with Crippen LogP contribution in [-0.4, -0.2) is 26.8 Å². The maximum atomic E-state index is 12.7. The topological polar surface area (TPSA) is 93.2 Å². The second kappa shape index (κ2) is 10.5. The smallest absolute Gasteiger partial charge is 0.241 e. The molecule has 4 N–H and O–H groups in total. The van der Waals surface area contributed by atoms with Gasteiger partial charge in [0.05, 0.1) is 29.6 Å². The number of carbonyl (C=O) groups excluding carboxylic acids is 1. The molecule has 1 aromatic heterocycles. The van der Waals surface area contributed by atoms with Gasteiger partial charge in [-0.15, -0.1) is 0 Å². The lowest BCUT2D eigenvalue weighted by Crippen LogP contribution is -2.42. The molecule has 1 aliphatic carbocycles. The number of aliphatic hydroxyl groups excluding tert-OH is 1. The lowest BCUT2D eigenvalue weighted by molar-refractivity contribution is -0.118. The lowest BCUT2D eigenvalue weighted by atomic mass is 9.84. The molecule has 2 unspecified atom stereocenters. The minimum Gasteiger partial charge on any atom is -0.387 e. The van der Waals surface area contributed by atoms with Gasteiger partial charge in [-0.05, 0) is 62.8 Å². The molecule has 0 aliphatic heterocycles. The summed E-state index contributed by atoms with van der Waals surface area (Å²) < 4.78 is 1.92. The van der Waals surface area contributed by atoms with Crippen molar-refractivity contribution in [3.63, 3.8) is 0 Å². The number of nitrogens with zero attached hydrogens (tertiary/aromatic N) is 2. The molecule has 3 aromatic rings. The molecule has 6 nitrogen and oxygen atoms in total. The van der Waals surface area contributed by atoms with Crippen molar-refractivity contribution in [2.45, 2.75) is 71.1 Å². The molecule has 0 radical (unpaired) electrons. The van der Waals surface area contributed by atoms with Crippen LogP contribution in [0, 0.1) is 12.8 Å². The van der Waals surface area contributed by atoms with Crippen LogP contribution in [0.4, 0.5) is 5.69 Å². The van der Waals surface area contributed by atoms with Crippen molar-refractivity contribution in [3.05, 3.63) is 71.5 Å². The third-order valence-electron chi connectivity index (χ3n) is 7.07. The Morgan fingerprint density at radius 3 is 2.32 bits per heavy atom. The Morgan fingerprint density at radius 1 is 1.06 bits per heavy atom. The van der Waals surface area contributed by atoms with Crippen LogP contribution in [0.3, 0.4) is 0 Å². The van der Waals surface area contributed by atoms with Crippen LogP contribution >= 0.6 is 0 Å². The summed E-state index contributed by atoms with van der Waals surface area (Å²) in [6.45, 7) is 5.83. The number of aliphatic hydroxyl groups is 1. The Balaban J connectivity index is 1.56. The zero-order valence-electron chi connectivity index (χ0n) is 20.4. The van der Waals surface area contributed by atoms with Crippen molar-refractivity contribution in [2.24, 2.45) is 11.7 Å². The summed E-state index contributed by atoms with van der Waals surface area (Å²) in [4.78, 5) is 12.7. The highest BCUT2D eigenvalue weighted by atomic mass is 16.3. The van der Waals surface area contributed by atoms with Gasteiger partial charge in [0.25, 0.3) is 0 Å². The fourth-order valence-electron chi connectivity index (χ4n) is 5.14. The van der Waals surface area contributed by atoms with E-state index in [-0.39, 0.29) is 17.9 Å². The van der Waals surface area contributed by atoms with Gasteiger partial charge in [0.1, 0.15) is 0 Å². The molecule has 34 heavy (non-hydrogen) atoms. The third-order valence-corrected chi connectivity index (χ3v) is 7.07. The van der Waals surface area contributed by atoms with E-state index in [0.717, 1.165) is 59.4 Å². The molecule has 1 heterocycles. The quantitative estimate of drug-likeness (QED) is 0.442. The van der Waals surface area contributed by atoms with Crippen LogP contribution < -0.4 is 11.1 Å². The highest BCUT2D eigenvalue weighted by Gasteiger charge is 2.27. The first-order valence-electron chi connectivity index (χ1n) is 12.4. The zero-order chi connectivity index (χ0) is 24.2. The molecule has 1 saturated carbocycles. The Morgan fingerprint density at radius 2 is 1.71 bits per heavy atom. The second-order valence-electron chi connectivity index (χ2n) is 9.54. The minimum absolute atomic E-state index is 0.0157. The predicted molar refractivity (Wildman–Crippen MR) is 136 cm³/mol. The largest absolute Gasteiger partial charge is 0.387 e. The fraction of sp³-hybridized carbons (Fsp3) is 0.429. The second-order valence-corrected chi connectivity index (χ2v) is 9.54. The first-order chi connectivity index (χ1) is 16.4. The van der Waals surface area contributed by atoms with Crippen molar-refractivity contribution in [2.75, 3.05) is 5.32 Å². The standard InChI is InChI=1S/C28H36N4O2/c1-18-25(27(20(3)33)32(31-18)19(2)21-10-6-4-7-11-21)22-14-16-24(17-15-22)30-28(34)26(29)23-12-8-5-9-13-23/h4,6-7,10-11,14-17,19-20,23,26,33H,5,8-9,12-13,29H2,1-3H3,(H,30,34)/t19?,20?,26-/m0/s1. The van der Waals surface area contributed by atoms with Crippen molar-refractivity contribution < 1.29 is 9.90 Å². The minimum atomic E-state index is -0.685. The van der Waals surface area contributed by atoms with Gasteiger partial charge in [0, 0.05) is 11.3 Å². The third kappa shape index (κ3) is 5.08. The summed E-state index contributed by atoms with van der Waals surface area (Å²) in [5, 5.41) is 18.5. The summed E-state index contributed by atoms with van der Waals surface area (Å²) in [7, 11) is 0. The number of nitrogens with one attached hydrogen (secondary N) is 1. The van der Waals surface area contributed by atoms with Crippen molar-refractivity contribution in [1.29, 1.82) is 0 Å². The highest BCUT2D eigenvalue weighted by molar-refractivity contribution is 5.95. The molecule has 180 valence electrons. The average molecular weight is 461 g/mol. The van der Waals surface area contributed by atoms with E-state index in [9.17, 15) is 9.90 Å². The predicted octanol–water partition coefficient (Wildman–Crippen LogP) is 5.37. The number of carbonyl (C=O) groups is 1. The number of anilines is 1. The molecule has 1 aliphatic rings. The maximum absolute atomic E-state index is 12.7. The summed E-state index contributed by atoms with van der Waals surface area (Å²) >= 11 is 0. The molecule has 2 aromatic carbocycles. The van der Waals surface area contributed by atoms with E-state index in [0.29, 0.717) is 0 Å². The molecule has 0 bridgehead atoms. The first kappa shape index (κ1) is 24.2. The van der Waals surface area contributed by atoms with E-state index in [1.165, 1.54) is 6.42 Å². The summed E-state index contributed by atoms with van der Waals surface area (Å²) in [5.41, 5.74) is 11.6. The molecular weight excluding hydrogens is 424 g/mol. The maximum Gasteiger partial charge on any atom is 0.241 e. The van der Waals surface area contributed by atoms with Crippen LogP contribution in [0.25, 0.3) is 11.1 Å². The number of aromatic nitrogens is 2. The fourth-order valence-corrected chi connectivity index (χ4v) is 5.14. The molecular formula is C28H36N4O2. The van der Waals surface area contributed by atoms with E-state index in [1.807, 2.05) is 54.1 Å². The average Bonchev–Trinajstić information content (AvgIpc) is 3.22. The molecule has 4 rings (SSSR count). The van der Waals surface area contributed by atoms with Gasteiger partial charge < -0.3 is 16.2 Å². The van der Waals surface area contributed by atoms with Gasteiger partial charge in [-0.3, -0.25) is 9.48 Å². The van der Waals surface area contributed by atoms with Crippen molar-refractivity contribution >= 4 is 11.6 Å². The van der Waals surface area contributed by atoms with Gasteiger partial charge in [0.15, 0.2) is 0 Å². The van der Waals surface area contributed by atoms with Crippen LogP contribution in [0.5, 0.6) is 0 Å². The summed E-state index contributed by atoms with van der Waals surface area (Å²) in [6, 6.07) is 17.4. The Hall–Kier alpha value is -2.96. The zero-order valence-corrected chi connectivity index (χ0v) is 20.4. The van der Waals surface area contributed by atoms with Crippen molar-refractivity contribution in [1.82, 2.24) is 9.78 Å². The highest BCUT2D eigenvalue weighted by Crippen LogP contribution is 2.35. The summed E-state index contributed by atoms with van der Waals surface area (Å²) in [5.74, 6) is 0.145. The molecule has 0 spiro atoms. The number of hydrogen-bond donors (Lipinski definition) is 3. The molecule has 6 heteroatoms. The molecule has 3 atom stereocenters. The van der Waals surface area contributed by atoms with Crippen LogP contribution in [0.1, 0.15) is 75.0 Å². The van der Waals surface area contributed by atoms with Crippen molar-refractivity contribution in [3.8, 4) is 11.1 Å². The van der Waals surface area contributed by atoms with E-state index in [1.54, 1.807) is 6.92 Å². The van der Waals surface area contributed by atoms with E-state index >= 15 is 0 Å². The van der Waals surface area contributed by atoms with E-state index < -0.39 is 12.1 Å². The monoisotopic (exact) mass is 460 g/mol. The van der Waals surface area contributed by atoms with Crippen LogP contribution in [0.2, 0.25) is 0 Å². The first-order valence-corrected chi connectivity index (χ1v) is 12.4. The number of hydrogen-bond acceptors (Lipinski definition) is 4. The number of rotatable bonds is 7.